The molecule has 35 nitrogen and oxygen atoms in total. The number of rotatable bonds is 18. The Bertz CT molecular complexity index is 5070. The van der Waals surface area contributed by atoms with E-state index in [0.717, 1.165) is 19.3 Å². The molecule has 11 fully saturated rings. The summed E-state index contributed by atoms with van der Waals surface area (Å²) in [6.45, 7) is 23.5. The smallest absolute Gasteiger partial charge is 0.326 e. The Morgan fingerprint density at radius 2 is 0.773 bits per heavy atom. The van der Waals surface area contributed by atoms with Gasteiger partial charge in [0.15, 0.2) is 61.9 Å². The summed E-state index contributed by atoms with van der Waals surface area (Å²) in [6.07, 6.45) is 8.57. The van der Waals surface area contributed by atoms with E-state index in [2.05, 4.69) is 59.8 Å². The molecule has 8 aromatic rings. The Kier molecular flexibility index (Phi) is 19.6. The fraction of sp³-hybridized carbons (Fsp3) is 0.697. The first-order chi connectivity index (χ1) is 51.4. The molecule has 44 heteroatoms. The average molecular weight is 1710 g/mol. The molecular weight excluding hydrogens is 1620 g/mol. The standard InChI is InChI=1S/C18H23Cl2N4O4P.C18H25ClN5O4P.C18H24ClN4O4P.C12H15ClN5O5P/c1-5-26-29(4,25)7-18-6-9(18)11(12-13(18)28-17(2,3)27-12)24-8-21-10-14(19)22-16(20)23-15(10)24;1-5-26-29(4,25)7-18-6-9(18)11(12-13(18)28-17(2,3)27-12)24-8-21-10-14(20)22-16(19)23-15(10)24;1-5-25-28(4,24)7-18-6-10(18)12(13-14(18)27-17(2,3)26-13)23-9-22-11-15(19)20-8-21-16(11)23;13-11-16-9(14)5-10(17-11)18(3-15-5)6-4-1-12(4,2-24(21,22)23)8(20)7(6)19/h8-9,11-13H,5-7H2,1-4H3;8-9,11-13H,5-7H2,1-4H3,(H2,20,22,23);8-10,12-14H,5-7H2,1-4H3;3-4,6-8,19-20H,1-2H2,(H2,14,16,17)(H2,21,22,23)/t2*9-,11-,12+,13+,18-,29?;10-,12-,13+,14+,18-,28?;4-,6-,7+,8+,12-/m1111/s1. The predicted molar refractivity (Wildman–Crippen MR) is 404 cm³/mol. The van der Waals surface area contributed by atoms with Crippen LogP contribution in [0.3, 0.4) is 0 Å². The lowest BCUT2D eigenvalue weighted by molar-refractivity contribution is -0.160. The third kappa shape index (κ3) is 13.6. The molecule has 0 radical (unpaired) electrons. The Morgan fingerprint density at radius 3 is 1.15 bits per heavy atom. The normalized spacial score (nSPS) is 36.7. The highest BCUT2D eigenvalue weighted by Crippen LogP contribution is 2.79. The molecular formula is C66H87Cl5N18O17P4. The van der Waals surface area contributed by atoms with Gasteiger partial charge in [-0.1, -0.05) is 23.2 Å². The van der Waals surface area contributed by atoms with Crippen molar-refractivity contribution in [1.82, 2.24) is 78.1 Å². The van der Waals surface area contributed by atoms with Crippen molar-refractivity contribution in [2.24, 2.45) is 45.3 Å². The lowest BCUT2D eigenvalue weighted by atomic mass is 10.0. The number of nitrogen functional groups attached to an aromatic ring is 2. The van der Waals surface area contributed by atoms with Crippen molar-refractivity contribution in [3.8, 4) is 0 Å². The molecule has 3 aliphatic heterocycles. The van der Waals surface area contributed by atoms with Crippen LogP contribution in [0.1, 0.15) is 112 Å². The zero-order chi connectivity index (χ0) is 78.9. The summed E-state index contributed by atoms with van der Waals surface area (Å²) in [5, 5.41) is 21.4. The largest absolute Gasteiger partial charge is 0.390 e. The summed E-state index contributed by atoms with van der Waals surface area (Å²) in [6, 6.07) is -0.777. The Hall–Kier alpha value is -4.35. The highest BCUT2D eigenvalue weighted by Gasteiger charge is 2.80. The first kappa shape index (κ1) is 79.5. The summed E-state index contributed by atoms with van der Waals surface area (Å²) < 4.78 is 113. The number of imidazole rings is 4. The molecule has 0 spiro atoms. The van der Waals surface area contributed by atoms with Gasteiger partial charge >= 0.3 is 7.60 Å². The molecule has 3 unspecified atom stereocenters. The van der Waals surface area contributed by atoms with Crippen molar-refractivity contribution < 1.29 is 80.3 Å². The van der Waals surface area contributed by atoms with E-state index < -0.39 is 76.9 Å². The number of ether oxygens (including phenoxy) is 6. The van der Waals surface area contributed by atoms with Crippen molar-refractivity contribution in [2.75, 3.05) is 75.9 Å². The first-order valence-electron chi connectivity index (χ1n) is 36.3. The SMILES string of the molecule is CCOP(C)(=O)C[C@]12C[C@@H]1[C@@H](n1cnc3c(Cl)nc(Cl)nc31)[C@@H]1OC(C)(C)O[C@@H]12.CCOP(C)(=O)C[C@]12C[C@@H]1[C@@H](n1cnc3c(Cl)ncnc31)[C@@H]1OC(C)(C)O[C@@H]12.CCOP(C)(=O)C[C@]12C[C@@H]1[C@@H](n1cnc3c(N)nc(Cl)nc31)[C@@H]1OC(C)(C)O[C@@H]12.Nc1nc(Cl)nc2c1ncn2[C@H]1[C@H](O)[C@H](O)[C@@]2(CP(=O)(O)O)C[C@H]12. The van der Waals surface area contributed by atoms with Crippen molar-refractivity contribution >= 4 is 144 Å². The van der Waals surface area contributed by atoms with Crippen molar-refractivity contribution in [3.63, 3.8) is 0 Å². The highest BCUT2D eigenvalue weighted by atomic mass is 35.5. The van der Waals surface area contributed by atoms with E-state index in [1.807, 2.05) is 76.0 Å². The van der Waals surface area contributed by atoms with E-state index in [-0.39, 0.29) is 127 Å². The van der Waals surface area contributed by atoms with Gasteiger partial charge in [-0.15, -0.1) is 0 Å². The fourth-order valence-corrected chi connectivity index (χ4v) is 29.3. The van der Waals surface area contributed by atoms with Crippen LogP contribution in [-0.2, 0) is 60.3 Å². The van der Waals surface area contributed by atoms with E-state index in [1.165, 1.54) is 12.7 Å². The van der Waals surface area contributed by atoms with Gasteiger partial charge < -0.3 is 91.7 Å². The minimum atomic E-state index is -4.33. The number of nitrogens with two attached hydrogens (primary N) is 2. The zero-order valence-electron chi connectivity index (χ0n) is 62.0. The van der Waals surface area contributed by atoms with Crippen LogP contribution in [0, 0.1) is 45.3 Å². The molecule has 8 aliphatic carbocycles. The second kappa shape index (κ2) is 27.1. The van der Waals surface area contributed by atoms with Crippen LogP contribution in [-0.4, -0.2) is 229 Å². The first-order valence-corrected chi connectivity index (χ1v) is 46.7. The molecule has 598 valence electrons. The van der Waals surface area contributed by atoms with Crippen LogP contribution in [0.4, 0.5) is 11.6 Å². The third-order valence-electron chi connectivity index (χ3n) is 24.0. The van der Waals surface area contributed by atoms with Crippen LogP contribution in [0.15, 0.2) is 31.6 Å². The number of aromatic nitrogens is 16. The second-order valence-electron chi connectivity index (χ2n) is 32.7. The molecule has 19 rings (SSSR count). The van der Waals surface area contributed by atoms with Gasteiger partial charge in [0, 0.05) is 60.1 Å². The van der Waals surface area contributed by atoms with Crippen LogP contribution in [0.5, 0.6) is 0 Å². The number of anilines is 2. The summed E-state index contributed by atoms with van der Waals surface area (Å²) in [5.74, 6) is -1.41. The number of halogens is 5. The molecule has 8 aromatic heterocycles. The van der Waals surface area contributed by atoms with Gasteiger partial charge in [0.2, 0.25) is 38.0 Å². The number of nitrogens with zero attached hydrogens (tertiary/aromatic N) is 16. The maximum absolute atomic E-state index is 13.1. The van der Waals surface area contributed by atoms with Gasteiger partial charge in [-0.3, -0.25) is 18.3 Å². The van der Waals surface area contributed by atoms with Crippen LogP contribution in [0.25, 0.3) is 44.7 Å². The number of hydrogen-bond donors (Lipinski definition) is 6. The number of hydrogen-bond acceptors (Lipinski definition) is 29. The number of aliphatic hydroxyl groups excluding tert-OH is 2. The molecule has 0 aromatic carbocycles. The van der Waals surface area contributed by atoms with Gasteiger partial charge in [0.05, 0.1) is 99.9 Å². The van der Waals surface area contributed by atoms with E-state index in [9.17, 15) is 38.3 Å². The van der Waals surface area contributed by atoms with Crippen molar-refractivity contribution in [2.45, 2.75) is 178 Å². The Morgan fingerprint density at radius 1 is 0.445 bits per heavy atom. The highest BCUT2D eigenvalue weighted by molar-refractivity contribution is 7.58. The quantitative estimate of drug-likeness (QED) is 0.0264. The molecule has 3 saturated heterocycles. The maximum Gasteiger partial charge on any atom is 0.326 e. The predicted octanol–water partition coefficient (Wildman–Crippen LogP) is 10.3. The van der Waals surface area contributed by atoms with Gasteiger partial charge in [-0.05, 0) is 146 Å². The fourth-order valence-electron chi connectivity index (χ4n) is 20.3. The van der Waals surface area contributed by atoms with Crippen LogP contribution >= 0.6 is 87.7 Å². The molecule has 8 saturated carbocycles. The second-order valence-corrected chi connectivity index (χ2v) is 43.9. The summed E-state index contributed by atoms with van der Waals surface area (Å²) in [4.78, 5) is 68.9. The Labute approximate surface area is 655 Å². The van der Waals surface area contributed by atoms with Crippen LogP contribution < -0.4 is 11.5 Å². The van der Waals surface area contributed by atoms with Crippen LogP contribution in [0.2, 0.25) is 26.2 Å². The van der Waals surface area contributed by atoms with Gasteiger partial charge in [-0.2, -0.15) is 24.9 Å². The number of aliphatic hydroxyl groups is 2. The van der Waals surface area contributed by atoms with Crippen molar-refractivity contribution in [3.05, 3.63) is 57.8 Å². The van der Waals surface area contributed by atoms with E-state index >= 15 is 0 Å². The summed E-state index contributed by atoms with van der Waals surface area (Å²) in [5.41, 5.74) is 14.1. The minimum Gasteiger partial charge on any atom is -0.390 e. The molecule has 11 heterocycles. The van der Waals surface area contributed by atoms with E-state index in [4.69, 9.17) is 111 Å². The third-order valence-corrected chi connectivity index (χ3v) is 31.9. The van der Waals surface area contributed by atoms with E-state index in [0.29, 0.717) is 94.5 Å². The van der Waals surface area contributed by atoms with Gasteiger partial charge in [0.25, 0.3) is 0 Å². The van der Waals surface area contributed by atoms with E-state index in [1.54, 1.807) is 43.5 Å². The summed E-state index contributed by atoms with van der Waals surface area (Å²) >= 11 is 30.3. The Balaban J connectivity index is 0.000000112. The maximum atomic E-state index is 13.1. The molecule has 0 amide bonds. The molecule has 8 N–H and O–H groups in total. The molecule has 0 bridgehead atoms. The monoisotopic (exact) mass is 1700 g/mol. The topological polar surface area (TPSA) is 459 Å². The molecule has 23 atom stereocenters. The average Bonchev–Trinajstić information content (AvgIpc) is 1.51. The summed E-state index contributed by atoms with van der Waals surface area (Å²) in [7, 11) is -12.6. The zero-order valence-corrected chi connectivity index (χ0v) is 69.3. The lowest BCUT2D eigenvalue weighted by Gasteiger charge is -2.25. The number of fused-ring (bicyclic) bond motifs is 14. The molecule has 110 heavy (non-hydrogen) atoms. The van der Waals surface area contributed by atoms with Gasteiger partial charge in [0.1, 0.15) is 52.8 Å². The molecule has 11 aliphatic rings. The van der Waals surface area contributed by atoms with Crippen molar-refractivity contribution in [1.29, 1.82) is 0 Å². The minimum absolute atomic E-state index is 0.00984. The van der Waals surface area contributed by atoms with Gasteiger partial charge in [-0.25, -0.2) is 34.9 Å². The lowest BCUT2D eigenvalue weighted by Crippen LogP contribution is -2.35.